The highest BCUT2D eigenvalue weighted by atomic mass is 19.1. The molecule has 0 aliphatic heterocycles. The molecule has 2 aromatic carbocycles. The number of ether oxygens (including phenoxy) is 2. The zero-order valence-corrected chi connectivity index (χ0v) is 18.3. The van der Waals surface area contributed by atoms with Crippen molar-refractivity contribution in [2.45, 2.75) is 6.42 Å². The third-order valence-corrected chi connectivity index (χ3v) is 4.98. The SMILES string of the molecule is COCCCNC(=O)c1cc(Oc2ccc3c(c2)nc(Nc2ccccc2F)n3C)ccn1. The van der Waals surface area contributed by atoms with Crippen molar-refractivity contribution in [1.82, 2.24) is 19.9 Å². The smallest absolute Gasteiger partial charge is 0.270 e. The van der Waals surface area contributed by atoms with Gasteiger partial charge in [0.15, 0.2) is 0 Å². The van der Waals surface area contributed by atoms with E-state index in [1.807, 2.05) is 23.7 Å². The third-order valence-electron chi connectivity index (χ3n) is 4.98. The molecule has 1 amide bonds. The molecule has 9 heteroatoms. The Bertz CT molecular complexity index is 1270. The van der Waals surface area contributed by atoms with E-state index in [-0.39, 0.29) is 17.4 Å². The van der Waals surface area contributed by atoms with Crippen molar-refractivity contribution < 1.29 is 18.7 Å². The number of nitrogens with zero attached hydrogens (tertiary/aromatic N) is 3. The molecular weight excluding hydrogens is 425 g/mol. The third kappa shape index (κ3) is 5.27. The number of para-hydroxylation sites is 1. The topological polar surface area (TPSA) is 90.3 Å². The van der Waals surface area contributed by atoms with Crippen LogP contribution in [0.2, 0.25) is 0 Å². The number of pyridine rings is 1. The number of fused-ring (bicyclic) bond motifs is 1. The van der Waals surface area contributed by atoms with Crippen molar-refractivity contribution >= 4 is 28.6 Å². The lowest BCUT2D eigenvalue weighted by Gasteiger charge is -2.08. The Hall–Kier alpha value is -3.98. The molecule has 0 bridgehead atoms. The van der Waals surface area contributed by atoms with Crippen LogP contribution in [0.5, 0.6) is 11.5 Å². The van der Waals surface area contributed by atoms with Crippen molar-refractivity contribution in [2.75, 3.05) is 25.6 Å². The van der Waals surface area contributed by atoms with Gasteiger partial charge in [-0.05, 0) is 36.8 Å². The zero-order valence-electron chi connectivity index (χ0n) is 18.3. The first-order valence-electron chi connectivity index (χ1n) is 10.4. The average molecular weight is 449 g/mol. The lowest BCUT2D eigenvalue weighted by Crippen LogP contribution is -2.26. The Kier molecular flexibility index (Phi) is 6.80. The minimum Gasteiger partial charge on any atom is -0.457 e. The molecule has 0 radical (unpaired) electrons. The molecule has 170 valence electrons. The van der Waals surface area contributed by atoms with Gasteiger partial charge in [-0.25, -0.2) is 9.37 Å². The van der Waals surface area contributed by atoms with E-state index in [4.69, 9.17) is 9.47 Å². The molecule has 0 unspecified atom stereocenters. The molecule has 0 spiro atoms. The van der Waals surface area contributed by atoms with Gasteiger partial charge in [0.05, 0.1) is 16.7 Å². The maximum Gasteiger partial charge on any atom is 0.270 e. The minimum atomic E-state index is -0.357. The Morgan fingerprint density at radius 2 is 1.94 bits per heavy atom. The van der Waals surface area contributed by atoms with Crippen LogP contribution in [-0.4, -0.2) is 40.7 Å². The number of amides is 1. The number of hydrogen-bond acceptors (Lipinski definition) is 6. The fourth-order valence-corrected chi connectivity index (χ4v) is 3.28. The summed E-state index contributed by atoms with van der Waals surface area (Å²) >= 11 is 0. The van der Waals surface area contributed by atoms with E-state index in [1.54, 1.807) is 43.5 Å². The number of anilines is 2. The van der Waals surface area contributed by atoms with Crippen LogP contribution in [-0.2, 0) is 11.8 Å². The van der Waals surface area contributed by atoms with Crippen LogP contribution >= 0.6 is 0 Å². The summed E-state index contributed by atoms with van der Waals surface area (Å²) in [4.78, 5) is 21.0. The molecule has 2 heterocycles. The van der Waals surface area contributed by atoms with E-state index in [2.05, 4.69) is 20.6 Å². The number of carbonyl (C=O) groups excluding carboxylic acids is 1. The van der Waals surface area contributed by atoms with Crippen LogP contribution in [0, 0.1) is 5.82 Å². The maximum atomic E-state index is 14.0. The number of nitrogens with one attached hydrogen (secondary N) is 2. The molecule has 0 atom stereocenters. The van der Waals surface area contributed by atoms with Gasteiger partial charge in [0.1, 0.15) is 23.0 Å². The van der Waals surface area contributed by atoms with Crippen molar-refractivity contribution in [3.63, 3.8) is 0 Å². The van der Waals surface area contributed by atoms with E-state index < -0.39 is 0 Å². The Balaban J connectivity index is 1.49. The molecule has 4 aromatic rings. The molecule has 2 N–H and O–H groups in total. The van der Waals surface area contributed by atoms with E-state index in [1.165, 1.54) is 12.3 Å². The number of imidazole rings is 1. The van der Waals surface area contributed by atoms with Crippen molar-refractivity contribution in [1.29, 1.82) is 0 Å². The van der Waals surface area contributed by atoms with Crippen LogP contribution in [0.1, 0.15) is 16.9 Å². The largest absolute Gasteiger partial charge is 0.457 e. The van der Waals surface area contributed by atoms with Crippen molar-refractivity contribution in [3.8, 4) is 11.5 Å². The quantitative estimate of drug-likeness (QED) is 0.368. The summed E-state index contributed by atoms with van der Waals surface area (Å²) in [5.74, 6) is 0.900. The second-order valence-electron chi connectivity index (χ2n) is 7.33. The van der Waals surface area contributed by atoms with Crippen LogP contribution in [0.3, 0.4) is 0 Å². The molecule has 0 saturated heterocycles. The second-order valence-corrected chi connectivity index (χ2v) is 7.33. The van der Waals surface area contributed by atoms with Gasteiger partial charge in [-0.15, -0.1) is 0 Å². The molecule has 4 rings (SSSR count). The summed E-state index contributed by atoms with van der Waals surface area (Å²) in [6.07, 6.45) is 2.24. The van der Waals surface area contributed by atoms with E-state index >= 15 is 0 Å². The monoisotopic (exact) mass is 449 g/mol. The summed E-state index contributed by atoms with van der Waals surface area (Å²) in [6, 6.07) is 15.1. The Morgan fingerprint density at radius 1 is 1.12 bits per heavy atom. The molecule has 0 fully saturated rings. The molecule has 2 aromatic heterocycles. The minimum absolute atomic E-state index is 0.264. The fourth-order valence-electron chi connectivity index (χ4n) is 3.28. The fraction of sp³-hybridized carbons (Fsp3) is 0.208. The van der Waals surface area contributed by atoms with Crippen LogP contribution < -0.4 is 15.4 Å². The lowest BCUT2D eigenvalue weighted by atomic mass is 10.3. The molecule has 0 aliphatic rings. The predicted octanol–water partition coefficient (Wildman–Crippen LogP) is 4.41. The van der Waals surface area contributed by atoms with Gasteiger partial charge >= 0.3 is 0 Å². The van der Waals surface area contributed by atoms with Crippen LogP contribution in [0.15, 0.2) is 60.8 Å². The van der Waals surface area contributed by atoms with Gasteiger partial charge < -0.3 is 24.7 Å². The van der Waals surface area contributed by atoms with E-state index in [9.17, 15) is 9.18 Å². The van der Waals surface area contributed by atoms with Gasteiger partial charge in [-0.2, -0.15) is 0 Å². The number of benzene rings is 2. The molecule has 0 saturated carbocycles. The van der Waals surface area contributed by atoms with Gasteiger partial charge in [0, 0.05) is 45.6 Å². The summed E-state index contributed by atoms with van der Waals surface area (Å²) in [5.41, 5.74) is 2.14. The summed E-state index contributed by atoms with van der Waals surface area (Å²) < 4.78 is 26.8. The highest BCUT2D eigenvalue weighted by molar-refractivity contribution is 5.92. The standard InChI is InChI=1S/C24H24FN5O3/c1-30-22-9-8-16(14-20(22)29-24(30)28-19-7-4-3-6-18(19)25)33-17-10-12-26-21(15-17)23(31)27-11-5-13-32-2/h3-4,6-10,12,14-15H,5,11,13H2,1-2H3,(H,27,31)(H,28,29). The van der Waals surface area contributed by atoms with Crippen LogP contribution in [0.4, 0.5) is 16.0 Å². The molecule has 8 nitrogen and oxygen atoms in total. The number of hydrogen-bond donors (Lipinski definition) is 2. The highest BCUT2D eigenvalue weighted by Crippen LogP contribution is 2.28. The zero-order chi connectivity index (χ0) is 23.2. The average Bonchev–Trinajstić information content (AvgIpc) is 3.13. The molecule has 33 heavy (non-hydrogen) atoms. The first kappa shape index (κ1) is 22.2. The maximum absolute atomic E-state index is 14.0. The number of carbonyl (C=O) groups is 1. The predicted molar refractivity (Wildman–Crippen MR) is 124 cm³/mol. The number of aryl methyl sites for hydroxylation is 1. The number of rotatable bonds is 9. The van der Waals surface area contributed by atoms with Gasteiger partial charge in [0.2, 0.25) is 5.95 Å². The summed E-state index contributed by atoms with van der Waals surface area (Å²) in [7, 11) is 3.46. The van der Waals surface area contributed by atoms with Gasteiger partial charge in [-0.3, -0.25) is 9.78 Å². The van der Waals surface area contributed by atoms with Gasteiger partial charge in [-0.1, -0.05) is 12.1 Å². The first-order chi connectivity index (χ1) is 16.0. The number of halogens is 1. The van der Waals surface area contributed by atoms with Crippen molar-refractivity contribution in [2.24, 2.45) is 7.05 Å². The normalized spacial score (nSPS) is 10.9. The molecular formula is C24H24FN5O3. The van der Waals surface area contributed by atoms with Gasteiger partial charge in [0.25, 0.3) is 5.91 Å². The molecule has 0 aliphatic carbocycles. The Labute approximate surface area is 190 Å². The summed E-state index contributed by atoms with van der Waals surface area (Å²) in [5, 5.41) is 5.82. The number of methoxy groups -OCH3 is 1. The second kappa shape index (κ2) is 10.1. The number of aromatic nitrogens is 3. The Morgan fingerprint density at radius 3 is 2.76 bits per heavy atom. The van der Waals surface area contributed by atoms with Crippen LogP contribution in [0.25, 0.3) is 11.0 Å². The van der Waals surface area contributed by atoms with E-state index in [0.29, 0.717) is 41.8 Å². The van der Waals surface area contributed by atoms with E-state index in [0.717, 1.165) is 11.9 Å². The highest BCUT2D eigenvalue weighted by Gasteiger charge is 2.12. The summed E-state index contributed by atoms with van der Waals surface area (Å²) in [6.45, 7) is 1.07. The van der Waals surface area contributed by atoms with Crippen molar-refractivity contribution in [3.05, 3.63) is 72.3 Å². The first-order valence-corrected chi connectivity index (χ1v) is 10.4. The lowest BCUT2D eigenvalue weighted by molar-refractivity contribution is 0.0943.